The van der Waals surface area contributed by atoms with E-state index >= 15 is 0 Å². The predicted octanol–water partition coefficient (Wildman–Crippen LogP) is 5.76. The minimum Gasteiger partial charge on any atom is -0.464 e. The van der Waals surface area contributed by atoms with Crippen molar-refractivity contribution in [2.75, 3.05) is 19.7 Å². The number of rotatable bonds is 5. The minimum absolute atomic E-state index is 0.236. The average molecular weight is 456 g/mol. The van der Waals surface area contributed by atoms with Crippen LogP contribution in [0.4, 0.5) is 4.79 Å². The van der Waals surface area contributed by atoms with Crippen molar-refractivity contribution >= 4 is 28.7 Å². The summed E-state index contributed by atoms with van der Waals surface area (Å²) in [7, 11) is 0. The molecule has 0 N–H and O–H groups in total. The molecule has 170 valence electrons. The van der Waals surface area contributed by atoms with Crippen molar-refractivity contribution in [3.8, 4) is 6.01 Å². The highest BCUT2D eigenvalue weighted by Gasteiger charge is 2.28. The molecule has 7 heteroatoms. The Morgan fingerprint density at radius 2 is 1.91 bits per heavy atom. The molecule has 2 aromatic carbocycles. The van der Waals surface area contributed by atoms with Crippen LogP contribution in [0.25, 0.3) is 11.0 Å². The summed E-state index contributed by atoms with van der Waals surface area (Å²) < 4.78 is 13.9. The molecule has 32 heavy (non-hydrogen) atoms. The van der Waals surface area contributed by atoms with Gasteiger partial charge < -0.3 is 14.4 Å². The molecule has 0 radical (unpaired) electrons. The number of imidazole rings is 1. The maximum atomic E-state index is 12.5. The molecular formula is C25H30ClN3O3. The first-order valence-electron chi connectivity index (χ1n) is 11.1. The lowest BCUT2D eigenvalue weighted by Crippen LogP contribution is -2.44. The van der Waals surface area contributed by atoms with Crippen LogP contribution in [0.3, 0.4) is 0 Å². The molecule has 6 nitrogen and oxygen atoms in total. The highest BCUT2D eigenvalue weighted by atomic mass is 35.5. The summed E-state index contributed by atoms with van der Waals surface area (Å²) in [6.45, 7) is 8.17. The summed E-state index contributed by atoms with van der Waals surface area (Å²) in [6.07, 6.45) is 1.70. The third kappa shape index (κ3) is 5.54. The standard InChI is InChI=1S/C25H30ClN3O3/c1-25(2,3)32-24(30)28-14-6-7-19(15-28)17-31-23-27-21-8-4-5-9-22(21)29(23)16-18-10-12-20(26)13-11-18/h4-5,8-13,19H,6-7,14-17H2,1-3H3. The second-order valence-electron chi connectivity index (χ2n) is 9.34. The molecule has 1 aliphatic rings. The minimum atomic E-state index is -0.493. The van der Waals surface area contributed by atoms with E-state index in [1.807, 2.05) is 63.2 Å². The van der Waals surface area contributed by atoms with Crippen molar-refractivity contribution in [3.05, 3.63) is 59.1 Å². The number of hydrogen-bond acceptors (Lipinski definition) is 4. The quantitative estimate of drug-likeness (QED) is 0.490. The number of piperidine rings is 1. The van der Waals surface area contributed by atoms with Gasteiger partial charge in [-0.1, -0.05) is 35.9 Å². The lowest BCUT2D eigenvalue weighted by Gasteiger charge is -2.33. The van der Waals surface area contributed by atoms with Gasteiger partial charge in [-0.2, -0.15) is 4.98 Å². The third-order valence-corrected chi connectivity index (χ3v) is 5.74. The molecule has 0 saturated carbocycles. The second-order valence-corrected chi connectivity index (χ2v) is 9.78. The van der Waals surface area contributed by atoms with E-state index in [9.17, 15) is 4.79 Å². The fourth-order valence-corrected chi connectivity index (χ4v) is 4.10. The lowest BCUT2D eigenvalue weighted by atomic mass is 9.99. The van der Waals surface area contributed by atoms with E-state index in [4.69, 9.17) is 26.1 Å². The van der Waals surface area contributed by atoms with Crippen molar-refractivity contribution in [3.63, 3.8) is 0 Å². The zero-order valence-corrected chi connectivity index (χ0v) is 19.6. The van der Waals surface area contributed by atoms with Gasteiger partial charge in [0.15, 0.2) is 0 Å². The molecule has 3 aromatic rings. The summed E-state index contributed by atoms with van der Waals surface area (Å²) in [5.74, 6) is 0.236. The van der Waals surface area contributed by atoms with Gasteiger partial charge in [0.25, 0.3) is 6.01 Å². The number of hydrogen-bond donors (Lipinski definition) is 0. The first kappa shape index (κ1) is 22.5. The number of fused-ring (bicyclic) bond motifs is 1. The van der Waals surface area contributed by atoms with Crippen LogP contribution in [0.2, 0.25) is 5.02 Å². The Hall–Kier alpha value is -2.73. The Balaban J connectivity index is 1.47. The number of carbonyl (C=O) groups excluding carboxylic acids is 1. The average Bonchev–Trinajstić information content (AvgIpc) is 3.10. The van der Waals surface area contributed by atoms with Gasteiger partial charge >= 0.3 is 6.09 Å². The molecule has 0 spiro atoms. The molecule has 0 bridgehead atoms. The Morgan fingerprint density at radius 1 is 1.16 bits per heavy atom. The number of benzene rings is 2. The molecule has 0 aliphatic carbocycles. The predicted molar refractivity (Wildman–Crippen MR) is 126 cm³/mol. The number of likely N-dealkylation sites (tertiary alicyclic amines) is 1. The molecule has 1 aromatic heterocycles. The first-order chi connectivity index (χ1) is 15.3. The zero-order valence-electron chi connectivity index (χ0n) is 18.9. The molecule has 1 atom stereocenters. The van der Waals surface area contributed by atoms with Gasteiger partial charge in [-0.3, -0.25) is 4.57 Å². The largest absolute Gasteiger partial charge is 0.464 e. The summed E-state index contributed by atoms with van der Waals surface area (Å²) in [5.41, 5.74) is 2.55. The van der Waals surface area contributed by atoms with E-state index in [-0.39, 0.29) is 12.0 Å². The fraction of sp³-hybridized carbons (Fsp3) is 0.440. The van der Waals surface area contributed by atoms with Gasteiger partial charge in [0, 0.05) is 24.0 Å². The summed E-state index contributed by atoms with van der Waals surface area (Å²) in [6, 6.07) is 16.4. The van der Waals surface area contributed by atoms with Crippen LogP contribution in [0.5, 0.6) is 6.01 Å². The normalized spacial score (nSPS) is 16.9. The van der Waals surface area contributed by atoms with E-state index in [1.165, 1.54) is 0 Å². The highest BCUT2D eigenvalue weighted by Crippen LogP contribution is 2.25. The smallest absolute Gasteiger partial charge is 0.410 e. The van der Waals surface area contributed by atoms with Crippen LogP contribution in [0, 0.1) is 5.92 Å². The Kier molecular flexibility index (Phi) is 6.60. The van der Waals surface area contributed by atoms with Gasteiger partial charge in [0.05, 0.1) is 24.2 Å². The van der Waals surface area contributed by atoms with E-state index in [0.717, 1.165) is 36.0 Å². The Bertz CT molecular complexity index is 1070. The lowest BCUT2D eigenvalue weighted by molar-refractivity contribution is 0.0136. The van der Waals surface area contributed by atoms with Crippen LogP contribution in [-0.4, -0.2) is 45.8 Å². The van der Waals surface area contributed by atoms with Crippen molar-refractivity contribution < 1.29 is 14.3 Å². The van der Waals surface area contributed by atoms with Gasteiger partial charge in [0.2, 0.25) is 0 Å². The number of halogens is 1. The number of amides is 1. The number of nitrogens with zero attached hydrogens (tertiary/aromatic N) is 3. The van der Waals surface area contributed by atoms with Crippen molar-refractivity contribution in [2.24, 2.45) is 5.92 Å². The van der Waals surface area contributed by atoms with Crippen molar-refractivity contribution in [1.29, 1.82) is 0 Å². The van der Waals surface area contributed by atoms with Crippen LogP contribution in [0.1, 0.15) is 39.2 Å². The second kappa shape index (κ2) is 9.41. The monoisotopic (exact) mass is 455 g/mol. The number of aromatic nitrogens is 2. The summed E-state index contributed by atoms with van der Waals surface area (Å²) in [4.78, 5) is 19.0. The van der Waals surface area contributed by atoms with Gasteiger partial charge in [-0.25, -0.2) is 4.79 Å². The number of para-hydroxylation sites is 2. The van der Waals surface area contributed by atoms with Gasteiger partial charge in [0.1, 0.15) is 5.60 Å². The fourth-order valence-electron chi connectivity index (χ4n) is 3.97. The molecule has 1 saturated heterocycles. The van der Waals surface area contributed by atoms with Crippen LogP contribution in [-0.2, 0) is 11.3 Å². The molecule has 1 unspecified atom stereocenters. The van der Waals surface area contributed by atoms with Gasteiger partial charge in [-0.15, -0.1) is 0 Å². The van der Waals surface area contributed by atoms with Gasteiger partial charge in [-0.05, 0) is 63.4 Å². The molecule has 1 amide bonds. The topological polar surface area (TPSA) is 56.6 Å². The highest BCUT2D eigenvalue weighted by molar-refractivity contribution is 6.30. The summed E-state index contributed by atoms with van der Waals surface area (Å²) >= 11 is 6.04. The first-order valence-corrected chi connectivity index (χ1v) is 11.5. The Morgan fingerprint density at radius 3 is 2.66 bits per heavy atom. The van der Waals surface area contributed by atoms with Crippen LogP contribution in [0.15, 0.2) is 48.5 Å². The molecule has 1 fully saturated rings. The van der Waals surface area contributed by atoms with E-state index in [1.54, 1.807) is 4.90 Å². The number of carbonyl (C=O) groups is 1. The van der Waals surface area contributed by atoms with E-state index < -0.39 is 5.60 Å². The summed E-state index contributed by atoms with van der Waals surface area (Å²) in [5, 5.41) is 0.715. The van der Waals surface area contributed by atoms with E-state index in [2.05, 4.69) is 10.6 Å². The Labute approximate surface area is 194 Å². The molecule has 2 heterocycles. The van der Waals surface area contributed by atoms with Crippen molar-refractivity contribution in [2.45, 2.75) is 45.8 Å². The van der Waals surface area contributed by atoms with Crippen LogP contribution >= 0.6 is 11.6 Å². The maximum Gasteiger partial charge on any atom is 0.410 e. The molecular weight excluding hydrogens is 426 g/mol. The third-order valence-electron chi connectivity index (χ3n) is 5.49. The van der Waals surface area contributed by atoms with E-state index in [0.29, 0.717) is 30.7 Å². The SMILES string of the molecule is CC(C)(C)OC(=O)N1CCCC(COc2nc3ccccc3n2Cc2ccc(Cl)cc2)C1. The van der Waals surface area contributed by atoms with Crippen molar-refractivity contribution in [1.82, 2.24) is 14.5 Å². The zero-order chi connectivity index (χ0) is 22.7. The maximum absolute atomic E-state index is 12.5. The van der Waals surface area contributed by atoms with Crippen LogP contribution < -0.4 is 4.74 Å². The number of ether oxygens (including phenoxy) is 2. The molecule has 1 aliphatic heterocycles. The molecule has 4 rings (SSSR count).